The van der Waals surface area contributed by atoms with E-state index >= 15 is 0 Å². The minimum Gasteiger partial charge on any atom is -0.381 e. The summed E-state index contributed by atoms with van der Waals surface area (Å²) >= 11 is 2.06. The predicted octanol–water partition coefficient (Wildman–Crippen LogP) is 2.76. The number of thioether (sulfide) groups is 1. The van der Waals surface area contributed by atoms with Gasteiger partial charge in [-0.2, -0.15) is 11.8 Å². The van der Waals surface area contributed by atoms with Crippen LogP contribution in [0.5, 0.6) is 0 Å². The lowest BCUT2D eigenvalue weighted by Gasteiger charge is -2.37. The SMILES string of the molecule is C=CCCCN(C)C(=NC)NCC1(SCC)CCOCC1. The van der Waals surface area contributed by atoms with Gasteiger partial charge in [0.05, 0.1) is 0 Å². The zero-order chi connectivity index (χ0) is 15.6. The van der Waals surface area contributed by atoms with Crippen molar-refractivity contribution in [2.24, 2.45) is 4.99 Å². The number of aliphatic imine (C=N–C) groups is 1. The highest BCUT2D eigenvalue weighted by Gasteiger charge is 2.32. The number of rotatable bonds is 8. The Balaban J connectivity index is 2.49. The summed E-state index contributed by atoms with van der Waals surface area (Å²) in [5.41, 5.74) is 0. The minimum atomic E-state index is 0.297. The van der Waals surface area contributed by atoms with Crippen LogP contribution in [0.25, 0.3) is 0 Å². The number of allylic oxidation sites excluding steroid dienone is 1. The Hall–Kier alpha value is -0.680. The van der Waals surface area contributed by atoms with Crippen molar-refractivity contribution in [1.82, 2.24) is 10.2 Å². The van der Waals surface area contributed by atoms with Gasteiger partial charge in [-0.3, -0.25) is 4.99 Å². The van der Waals surface area contributed by atoms with Gasteiger partial charge in [-0.05, 0) is 31.4 Å². The van der Waals surface area contributed by atoms with Crippen molar-refractivity contribution in [3.8, 4) is 0 Å². The van der Waals surface area contributed by atoms with E-state index < -0.39 is 0 Å². The van der Waals surface area contributed by atoms with Crippen LogP contribution in [0.15, 0.2) is 17.6 Å². The predicted molar refractivity (Wildman–Crippen MR) is 94.3 cm³/mol. The molecule has 4 nitrogen and oxygen atoms in total. The van der Waals surface area contributed by atoms with Crippen LogP contribution >= 0.6 is 11.8 Å². The number of hydrogen-bond donors (Lipinski definition) is 1. The van der Waals surface area contributed by atoms with Gasteiger partial charge in [-0.25, -0.2) is 0 Å². The maximum Gasteiger partial charge on any atom is 0.193 e. The van der Waals surface area contributed by atoms with E-state index in [1.807, 2.05) is 13.1 Å². The first-order valence-electron chi connectivity index (χ1n) is 7.92. The second-order valence-electron chi connectivity index (χ2n) is 5.48. The van der Waals surface area contributed by atoms with Crippen molar-refractivity contribution < 1.29 is 4.74 Å². The molecule has 21 heavy (non-hydrogen) atoms. The summed E-state index contributed by atoms with van der Waals surface area (Å²) < 4.78 is 5.82. The largest absolute Gasteiger partial charge is 0.381 e. The van der Waals surface area contributed by atoms with Gasteiger partial charge in [-0.1, -0.05) is 13.0 Å². The van der Waals surface area contributed by atoms with E-state index in [9.17, 15) is 0 Å². The molecule has 0 radical (unpaired) electrons. The molecule has 122 valence electrons. The first-order valence-corrected chi connectivity index (χ1v) is 8.90. The van der Waals surface area contributed by atoms with Crippen molar-refractivity contribution in [3.05, 3.63) is 12.7 Å². The Labute approximate surface area is 134 Å². The molecule has 0 aliphatic carbocycles. The third-order valence-corrected chi connectivity index (χ3v) is 5.35. The number of nitrogens with zero attached hydrogens (tertiary/aromatic N) is 2. The van der Waals surface area contributed by atoms with Crippen LogP contribution in [0.1, 0.15) is 32.6 Å². The first-order chi connectivity index (χ1) is 10.2. The van der Waals surface area contributed by atoms with E-state index in [-0.39, 0.29) is 0 Å². The highest BCUT2D eigenvalue weighted by Crippen LogP contribution is 2.34. The van der Waals surface area contributed by atoms with Gasteiger partial charge >= 0.3 is 0 Å². The van der Waals surface area contributed by atoms with Crippen molar-refractivity contribution in [3.63, 3.8) is 0 Å². The summed E-state index contributed by atoms with van der Waals surface area (Å²) in [6.45, 7) is 9.73. The highest BCUT2D eigenvalue weighted by atomic mass is 32.2. The maximum atomic E-state index is 5.53. The molecule has 1 aliphatic rings. The molecule has 1 aliphatic heterocycles. The molecule has 1 N–H and O–H groups in total. The number of nitrogens with one attached hydrogen (secondary N) is 1. The van der Waals surface area contributed by atoms with Gasteiger partial charge in [0.15, 0.2) is 5.96 Å². The van der Waals surface area contributed by atoms with E-state index in [2.05, 4.69) is 47.5 Å². The fourth-order valence-corrected chi connectivity index (χ4v) is 3.87. The normalized spacial score (nSPS) is 18.3. The first kappa shape index (κ1) is 18.4. The molecule has 0 aromatic heterocycles. The van der Waals surface area contributed by atoms with Gasteiger partial charge in [0.2, 0.25) is 0 Å². The molecule has 0 atom stereocenters. The van der Waals surface area contributed by atoms with Crippen molar-refractivity contribution in [2.75, 3.05) is 46.2 Å². The lowest BCUT2D eigenvalue weighted by Crippen LogP contribution is -2.48. The van der Waals surface area contributed by atoms with E-state index in [0.29, 0.717) is 4.75 Å². The van der Waals surface area contributed by atoms with Crippen molar-refractivity contribution in [2.45, 2.75) is 37.4 Å². The number of guanidine groups is 1. The Morgan fingerprint density at radius 3 is 2.76 bits per heavy atom. The van der Waals surface area contributed by atoms with Gasteiger partial charge in [-0.15, -0.1) is 6.58 Å². The number of hydrogen-bond acceptors (Lipinski definition) is 3. The molecule has 0 aromatic carbocycles. The Kier molecular flexibility index (Phi) is 8.85. The Morgan fingerprint density at radius 2 is 2.19 bits per heavy atom. The average Bonchev–Trinajstić information content (AvgIpc) is 2.49. The average molecular weight is 314 g/mol. The lowest BCUT2D eigenvalue weighted by molar-refractivity contribution is 0.0781. The molecular formula is C16H31N3OS. The fourth-order valence-electron chi connectivity index (χ4n) is 2.63. The monoisotopic (exact) mass is 313 g/mol. The molecule has 5 heteroatoms. The van der Waals surface area contributed by atoms with E-state index in [0.717, 1.165) is 63.7 Å². The molecule has 0 amide bonds. The van der Waals surface area contributed by atoms with Crippen LogP contribution in [-0.2, 0) is 4.74 Å². The van der Waals surface area contributed by atoms with E-state index in [1.54, 1.807) is 0 Å². The van der Waals surface area contributed by atoms with Crippen molar-refractivity contribution >= 4 is 17.7 Å². The quantitative estimate of drug-likeness (QED) is 0.324. The second kappa shape index (κ2) is 10.1. The Morgan fingerprint density at radius 1 is 1.48 bits per heavy atom. The van der Waals surface area contributed by atoms with E-state index in [1.165, 1.54) is 0 Å². The molecule has 1 fully saturated rings. The minimum absolute atomic E-state index is 0.297. The molecule has 0 aromatic rings. The summed E-state index contributed by atoms with van der Waals surface area (Å²) in [4.78, 5) is 6.61. The lowest BCUT2D eigenvalue weighted by atomic mass is 9.99. The number of unbranched alkanes of at least 4 members (excludes halogenated alkanes) is 1. The van der Waals surface area contributed by atoms with Gasteiger partial charge in [0, 0.05) is 45.1 Å². The summed E-state index contributed by atoms with van der Waals surface area (Å²) in [5.74, 6) is 2.14. The summed E-state index contributed by atoms with van der Waals surface area (Å²) in [7, 11) is 3.96. The fraction of sp³-hybridized carbons (Fsp3) is 0.812. The number of ether oxygens (including phenoxy) is 1. The van der Waals surface area contributed by atoms with Gasteiger partial charge in [0.1, 0.15) is 0 Å². The van der Waals surface area contributed by atoms with Crippen LogP contribution in [0.3, 0.4) is 0 Å². The zero-order valence-corrected chi connectivity index (χ0v) is 14.7. The maximum absolute atomic E-state index is 5.53. The second-order valence-corrected chi connectivity index (χ2v) is 7.21. The summed E-state index contributed by atoms with van der Waals surface area (Å²) in [5, 5.41) is 3.57. The molecule has 0 saturated carbocycles. The molecular weight excluding hydrogens is 282 g/mol. The van der Waals surface area contributed by atoms with Crippen LogP contribution in [0, 0.1) is 0 Å². The smallest absolute Gasteiger partial charge is 0.193 e. The third-order valence-electron chi connectivity index (χ3n) is 3.90. The van der Waals surface area contributed by atoms with Gasteiger partial charge in [0.25, 0.3) is 0 Å². The van der Waals surface area contributed by atoms with E-state index in [4.69, 9.17) is 4.74 Å². The third kappa shape index (κ3) is 6.30. The molecule has 0 spiro atoms. The summed E-state index contributed by atoms with van der Waals surface area (Å²) in [6.07, 6.45) is 6.38. The van der Waals surface area contributed by atoms with Crippen LogP contribution in [0.2, 0.25) is 0 Å². The van der Waals surface area contributed by atoms with Gasteiger partial charge < -0.3 is 15.0 Å². The van der Waals surface area contributed by atoms with Crippen LogP contribution in [-0.4, -0.2) is 61.8 Å². The topological polar surface area (TPSA) is 36.9 Å². The molecule has 0 bridgehead atoms. The molecule has 1 saturated heterocycles. The molecule has 0 unspecified atom stereocenters. The van der Waals surface area contributed by atoms with Crippen LogP contribution < -0.4 is 5.32 Å². The Bertz CT molecular complexity index is 322. The highest BCUT2D eigenvalue weighted by molar-refractivity contribution is 8.00. The van der Waals surface area contributed by atoms with Crippen molar-refractivity contribution in [1.29, 1.82) is 0 Å². The zero-order valence-electron chi connectivity index (χ0n) is 13.9. The molecule has 1 heterocycles. The molecule has 1 rings (SSSR count). The van der Waals surface area contributed by atoms with Crippen LogP contribution in [0.4, 0.5) is 0 Å². The standard InChI is InChI=1S/C16H31N3OS/c1-5-7-8-11-19(4)15(17-3)18-14-16(21-6-2)9-12-20-13-10-16/h5H,1,6-14H2,2-4H3,(H,17,18). The summed E-state index contributed by atoms with van der Waals surface area (Å²) in [6, 6.07) is 0.